The van der Waals surface area contributed by atoms with Gasteiger partial charge in [-0.3, -0.25) is 9.59 Å². The summed E-state index contributed by atoms with van der Waals surface area (Å²) in [5.41, 5.74) is 8.66. The number of hydrogen-bond acceptors (Lipinski definition) is 6. The van der Waals surface area contributed by atoms with Crippen molar-refractivity contribution in [1.29, 1.82) is 0 Å². The number of benzene rings is 2. The Labute approximate surface area is 211 Å². The molecule has 0 radical (unpaired) electrons. The maximum atomic E-state index is 13.0. The second-order valence-corrected chi connectivity index (χ2v) is 10.8. The molecule has 0 spiro atoms. The van der Waals surface area contributed by atoms with Gasteiger partial charge in [-0.25, -0.2) is 13.9 Å². The molecule has 35 heavy (non-hydrogen) atoms. The van der Waals surface area contributed by atoms with Crippen LogP contribution in [0.15, 0.2) is 60.7 Å². The molecule has 2 unspecified atom stereocenters. The molecule has 0 fully saturated rings. The minimum absolute atomic E-state index is 0.0108. The number of thiazole rings is 1. The molecule has 10 heteroatoms. The first-order valence-corrected chi connectivity index (χ1v) is 13.6. The van der Waals surface area contributed by atoms with Crippen LogP contribution in [0.3, 0.4) is 0 Å². The van der Waals surface area contributed by atoms with E-state index in [1.807, 2.05) is 60.7 Å². The second kappa shape index (κ2) is 12.1. The van der Waals surface area contributed by atoms with Gasteiger partial charge in [-0.2, -0.15) is 0 Å². The van der Waals surface area contributed by atoms with Crippen LogP contribution in [0.4, 0.5) is 5.13 Å². The molecule has 0 aliphatic heterocycles. The van der Waals surface area contributed by atoms with Crippen LogP contribution in [0.1, 0.15) is 28.1 Å². The Morgan fingerprint density at radius 1 is 1.09 bits per heavy atom. The van der Waals surface area contributed by atoms with Gasteiger partial charge in [0.15, 0.2) is 5.13 Å². The Morgan fingerprint density at radius 3 is 2.49 bits per heavy atom. The highest BCUT2D eigenvalue weighted by Gasteiger charge is 2.25. The smallest absolute Gasteiger partial charge is 0.239 e. The lowest BCUT2D eigenvalue weighted by atomic mass is 9.98. The van der Waals surface area contributed by atoms with E-state index < -0.39 is 17.0 Å². The summed E-state index contributed by atoms with van der Waals surface area (Å²) in [5, 5.41) is 6.25. The van der Waals surface area contributed by atoms with Gasteiger partial charge in [0.05, 0.1) is 29.0 Å². The van der Waals surface area contributed by atoms with E-state index in [-0.39, 0.29) is 30.2 Å². The van der Waals surface area contributed by atoms with E-state index in [1.165, 1.54) is 11.3 Å². The maximum absolute atomic E-state index is 13.0. The predicted molar refractivity (Wildman–Crippen MR) is 139 cm³/mol. The number of fused-ring (bicyclic) bond motifs is 1. The topological polar surface area (TPSA) is 126 Å². The molecular weight excluding hydrogens is 482 g/mol. The van der Waals surface area contributed by atoms with Gasteiger partial charge in [-0.15, -0.1) is 11.3 Å². The molecule has 0 saturated carbocycles. The van der Waals surface area contributed by atoms with E-state index in [0.29, 0.717) is 18.0 Å². The van der Waals surface area contributed by atoms with Crippen LogP contribution in [0.5, 0.6) is 0 Å². The van der Waals surface area contributed by atoms with Gasteiger partial charge in [-0.05, 0) is 30.4 Å². The van der Waals surface area contributed by atoms with Crippen molar-refractivity contribution in [3.05, 3.63) is 82.4 Å². The number of aryl methyl sites for hydroxylation is 1. The second-order valence-electron chi connectivity index (χ2n) is 8.48. The van der Waals surface area contributed by atoms with Crippen LogP contribution >= 0.6 is 11.3 Å². The number of nitrogens with two attached hydrogens (primary N) is 1. The Balaban J connectivity index is 1.31. The molecule has 1 aliphatic carbocycles. The van der Waals surface area contributed by atoms with Crippen LogP contribution in [-0.4, -0.2) is 39.6 Å². The van der Waals surface area contributed by atoms with Crippen LogP contribution in [0.2, 0.25) is 0 Å². The van der Waals surface area contributed by atoms with Crippen molar-refractivity contribution in [3.63, 3.8) is 0 Å². The molecule has 8 nitrogen and oxygen atoms in total. The van der Waals surface area contributed by atoms with Crippen molar-refractivity contribution < 1.29 is 13.8 Å². The molecule has 2 aromatic carbocycles. The summed E-state index contributed by atoms with van der Waals surface area (Å²) in [4.78, 5) is 31.0. The lowest BCUT2D eigenvalue weighted by molar-refractivity contribution is -0.127. The molecule has 0 saturated heterocycles. The maximum Gasteiger partial charge on any atom is 0.239 e. The highest BCUT2D eigenvalue weighted by atomic mass is 32.2. The third kappa shape index (κ3) is 7.45. The Kier molecular flexibility index (Phi) is 8.62. The molecular formula is C25H29N5O3S2. The van der Waals surface area contributed by atoms with Crippen molar-refractivity contribution in [2.24, 2.45) is 0 Å². The fourth-order valence-electron chi connectivity index (χ4n) is 4.05. The standard InChI is InChI=1S/C25H29N5O3S2/c26-25-29-20-12-11-19(14-22(20)34-25)28-23(31)15-27-24(32)21(13-17-7-3-1-4-8-17)30-35(33)16-18-9-5-2-6-10-18/h1-10,19,21,30H,11-16H2,(H2,26,29)(H,27,32)(H,28,31)/t19?,21-,35?/m1/s1. The Morgan fingerprint density at radius 2 is 1.77 bits per heavy atom. The number of nitrogens with zero attached hydrogens (tertiary/aromatic N) is 1. The van der Waals surface area contributed by atoms with E-state index in [4.69, 9.17) is 5.73 Å². The summed E-state index contributed by atoms with van der Waals surface area (Å²) < 4.78 is 15.7. The number of rotatable bonds is 10. The number of amides is 2. The first-order valence-electron chi connectivity index (χ1n) is 11.5. The third-order valence-corrected chi connectivity index (χ3v) is 7.85. The zero-order valence-electron chi connectivity index (χ0n) is 19.2. The van der Waals surface area contributed by atoms with Crippen LogP contribution in [0, 0.1) is 0 Å². The number of anilines is 1. The number of carbonyl (C=O) groups is 2. The van der Waals surface area contributed by atoms with Gasteiger partial charge in [0, 0.05) is 17.3 Å². The largest absolute Gasteiger partial charge is 0.375 e. The van der Waals surface area contributed by atoms with Gasteiger partial charge in [0.1, 0.15) is 6.04 Å². The number of carbonyl (C=O) groups excluding carboxylic acids is 2. The van der Waals surface area contributed by atoms with Crippen molar-refractivity contribution in [3.8, 4) is 0 Å². The van der Waals surface area contributed by atoms with Gasteiger partial charge >= 0.3 is 0 Å². The van der Waals surface area contributed by atoms with Gasteiger partial charge in [0.25, 0.3) is 0 Å². The summed E-state index contributed by atoms with van der Waals surface area (Å²) in [5.74, 6) is -0.342. The van der Waals surface area contributed by atoms with E-state index in [1.54, 1.807) is 0 Å². The average Bonchev–Trinajstić information content (AvgIpc) is 3.22. The van der Waals surface area contributed by atoms with Gasteiger partial charge < -0.3 is 16.4 Å². The van der Waals surface area contributed by atoms with E-state index in [2.05, 4.69) is 20.3 Å². The zero-order chi connectivity index (χ0) is 24.6. The first kappa shape index (κ1) is 25.0. The summed E-state index contributed by atoms with van der Waals surface area (Å²) in [6.45, 7) is -0.148. The van der Waals surface area contributed by atoms with Crippen molar-refractivity contribution >= 4 is 39.3 Å². The SMILES string of the molecule is Nc1nc2c(s1)CC(NC(=O)CNC(=O)[C@@H](Cc1ccccc1)NS(=O)Cc1ccccc1)CC2. The summed E-state index contributed by atoms with van der Waals surface area (Å²) in [6, 6.07) is 18.2. The molecule has 0 bridgehead atoms. The third-order valence-electron chi connectivity index (χ3n) is 5.76. The fourth-order valence-corrected chi connectivity index (χ4v) is 6.10. The van der Waals surface area contributed by atoms with Crippen LogP contribution in [0.25, 0.3) is 0 Å². The number of nitrogens with one attached hydrogen (secondary N) is 3. The normalized spacial score (nSPS) is 16.6. The minimum Gasteiger partial charge on any atom is -0.375 e. The molecule has 1 aliphatic rings. The molecule has 2 amide bonds. The number of aromatic nitrogens is 1. The van der Waals surface area contributed by atoms with E-state index in [9.17, 15) is 13.8 Å². The fraction of sp³-hybridized carbons (Fsp3) is 0.320. The minimum atomic E-state index is -1.46. The highest BCUT2D eigenvalue weighted by molar-refractivity contribution is 7.82. The summed E-state index contributed by atoms with van der Waals surface area (Å²) in [6.07, 6.45) is 2.61. The summed E-state index contributed by atoms with van der Waals surface area (Å²) >= 11 is 1.46. The highest BCUT2D eigenvalue weighted by Crippen LogP contribution is 2.28. The van der Waals surface area contributed by atoms with Crippen LogP contribution in [-0.2, 0) is 45.6 Å². The van der Waals surface area contributed by atoms with Crippen molar-refractivity contribution in [2.45, 2.75) is 43.5 Å². The lowest BCUT2D eigenvalue weighted by Gasteiger charge is -2.23. The quantitative estimate of drug-likeness (QED) is 0.331. The van der Waals surface area contributed by atoms with Gasteiger partial charge in [-0.1, -0.05) is 60.7 Å². The lowest BCUT2D eigenvalue weighted by Crippen LogP contribution is -2.50. The molecule has 184 valence electrons. The van der Waals surface area contributed by atoms with E-state index in [0.717, 1.165) is 34.5 Å². The molecule has 3 aromatic rings. The van der Waals surface area contributed by atoms with E-state index >= 15 is 0 Å². The average molecular weight is 512 g/mol. The first-order chi connectivity index (χ1) is 17.0. The molecule has 3 atom stereocenters. The Hall–Kier alpha value is -3.08. The van der Waals surface area contributed by atoms with Crippen molar-refractivity contribution in [2.75, 3.05) is 12.3 Å². The number of hydrogen-bond donors (Lipinski definition) is 4. The molecule has 1 heterocycles. The van der Waals surface area contributed by atoms with Crippen molar-refractivity contribution in [1.82, 2.24) is 20.3 Å². The van der Waals surface area contributed by atoms with Gasteiger partial charge in [0.2, 0.25) is 11.8 Å². The monoisotopic (exact) mass is 511 g/mol. The molecule has 1 aromatic heterocycles. The zero-order valence-corrected chi connectivity index (χ0v) is 20.9. The Bertz CT molecular complexity index is 1170. The van der Waals surface area contributed by atoms with Crippen LogP contribution < -0.4 is 21.1 Å². The predicted octanol–water partition coefficient (Wildman–Crippen LogP) is 1.88. The number of nitrogen functional groups attached to an aromatic ring is 1. The molecule has 5 N–H and O–H groups in total. The molecule has 4 rings (SSSR count). The summed E-state index contributed by atoms with van der Waals surface area (Å²) in [7, 11) is -1.46.